The Morgan fingerprint density at radius 1 is 1.24 bits per heavy atom. The van der Waals surface area contributed by atoms with Gasteiger partial charge in [-0.2, -0.15) is 0 Å². The van der Waals surface area contributed by atoms with Crippen molar-refractivity contribution < 1.29 is 4.74 Å². The highest BCUT2D eigenvalue weighted by Crippen LogP contribution is 2.19. The second kappa shape index (κ2) is 8.67. The summed E-state index contributed by atoms with van der Waals surface area (Å²) < 4.78 is 6.22. The van der Waals surface area contributed by atoms with Gasteiger partial charge >= 0.3 is 0 Å². The Balaban J connectivity index is 2.14. The van der Waals surface area contributed by atoms with Gasteiger partial charge in [-0.25, -0.2) is 0 Å². The van der Waals surface area contributed by atoms with Crippen LogP contribution in [0, 0.1) is 6.92 Å². The van der Waals surface area contributed by atoms with Crippen LogP contribution in [0.25, 0.3) is 0 Å². The van der Waals surface area contributed by atoms with Crippen LogP contribution in [0.15, 0.2) is 22.7 Å². The molecular weight excluding hydrogens is 278 g/mol. The lowest BCUT2D eigenvalue weighted by Gasteiger charge is -2.06. The molecule has 0 aliphatic rings. The molecule has 0 saturated heterocycles. The van der Waals surface area contributed by atoms with Gasteiger partial charge in [0.05, 0.1) is 6.61 Å². The lowest BCUT2D eigenvalue weighted by molar-refractivity contribution is 0.199. The normalized spacial score (nSPS) is 10.8. The zero-order chi connectivity index (χ0) is 12.5. The largest absolute Gasteiger partial charge is 0.383 e. The predicted molar refractivity (Wildman–Crippen MR) is 76.6 cm³/mol. The Hall–Kier alpha value is -0.380. The molecule has 0 aliphatic carbocycles. The molecule has 1 aromatic carbocycles. The first-order valence-electron chi connectivity index (χ1n) is 6.18. The van der Waals surface area contributed by atoms with E-state index < -0.39 is 0 Å². The SMILES string of the molecule is COCCNCCCCc1ccc(C)cc1Br. The van der Waals surface area contributed by atoms with Gasteiger partial charge in [-0.1, -0.05) is 28.1 Å². The number of rotatable bonds is 8. The van der Waals surface area contributed by atoms with E-state index in [0.717, 1.165) is 26.1 Å². The van der Waals surface area contributed by atoms with Crippen molar-refractivity contribution in [2.45, 2.75) is 26.2 Å². The van der Waals surface area contributed by atoms with E-state index in [9.17, 15) is 0 Å². The molecule has 3 heteroatoms. The third-order valence-electron chi connectivity index (χ3n) is 2.74. The summed E-state index contributed by atoms with van der Waals surface area (Å²) in [5.74, 6) is 0. The highest BCUT2D eigenvalue weighted by atomic mass is 79.9. The minimum atomic E-state index is 0.795. The van der Waals surface area contributed by atoms with Crippen LogP contribution in [0.1, 0.15) is 24.0 Å². The van der Waals surface area contributed by atoms with Crippen molar-refractivity contribution in [2.75, 3.05) is 26.8 Å². The van der Waals surface area contributed by atoms with E-state index in [1.54, 1.807) is 7.11 Å². The fourth-order valence-corrected chi connectivity index (χ4v) is 2.41. The average molecular weight is 300 g/mol. The number of unbranched alkanes of at least 4 members (excludes halogenated alkanes) is 1. The maximum atomic E-state index is 4.98. The third kappa shape index (κ3) is 6.20. The van der Waals surface area contributed by atoms with E-state index in [0.29, 0.717) is 0 Å². The summed E-state index contributed by atoms with van der Waals surface area (Å²) in [5.41, 5.74) is 2.72. The summed E-state index contributed by atoms with van der Waals surface area (Å²) in [7, 11) is 1.73. The zero-order valence-corrected chi connectivity index (χ0v) is 12.3. The molecule has 0 aromatic heterocycles. The summed E-state index contributed by atoms with van der Waals surface area (Å²) >= 11 is 3.62. The molecule has 96 valence electrons. The molecule has 0 aliphatic heterocycles. The molecular formula is C14H22BrNO. The van der Waals surface area contributed by atoms with Gasteiger partial charge in [-0.3, -0.25) is 0 Å². The molecule has 0 amide bonds. The van der Waals surface area contributed by atoms with Crippen molar-refractivity contribution in [1.82, 2.24) is 5.32 Å². The molecule has 1 rings (SSSR count). The third-order valence-corrected chi connectivity index (χ3v) is 3.48. The van der Waals surface area contributed by atoms with E-state index in [1.165, 1.54) is 28.4 Å². The monoisotopic (exact) mass is 299 g/mol. The Labute approximate surface area is 113 Å². The van der Waals surface area contributed by atoms with Crippen LogP contribution in [-0.2, 0) is 11.2 Å². The van der Waals surface area contributed by atoms with Gasteiger partial charge in [0.2, 0.25) is 0 Å². The number of benzene rings is 1. The van der Waals surface area contributed by atoms with E-state index in [1.807, 2.05) is 0 Å². The lowest BCUT2D eigenvalue weighted by Crippen LogP contribution is -2.20. The zero-order valence-electron chi connectivity index (χ0n) is 10.8. The van der Waals surface area contributed by atoms with E-state index in [4.69, 9.17) is 4.74 Å². The van der Waals surface area contributed by atoms with Gasteiger partial charge in [0.25, 0.3) is 0 Å². The minimum Gasteiger partial charge on any atom is -0.383 e. The molecule has 0 saturated carbocycles. The number of halogens is 1. The first kappa shape index (κ1) is 14.7. The van der Waals surface area contributed by atoms with Gasteiger partial charge in [0, 0.05) is 18.1 Å². The van der Waals surface area contributed by atoms with Crippen molar-refractivity contribution in [3.63, 3.8) is 0 Å². The van der Waals surface area contributed by atoms with E-state index in [-0.39, 0.29) is 0 Å². The summed E-state index contributed by atoms with van der Waals surface area (Å²) in [4.78, 5) is 0. The molecule has 0 bridgehead atoms. The van der Waals surface area contributed by atoms with Gasteiger partial charge in [-0.15, -0.1) is 0 Å². The van der Waals surface area contributed by atoms with E-state index in [2.05, 4.69) is 46.4 Å². The van der Waals surface area contributed by atoms with Crippen LogP contribution < -0.4 is 5.32 Å². The number of methoxy groups -OCH3 is 1. The number of hydrogen-bond donors (Lipinski definition) is 1. The van der Waals surface area contributed by atoms with Gasteiger partial charge in [0.1, 0.15) is 0 Å². The molecule has 0 unspecified atom stereocenters. The van der Waals surface area contributed by atoms with Crippen LogP contribution in [0.5, 0.6) is 0 Å². The average Bonchev–Trinajstić information content (AvgIpc) is 2.30. The summed E-state index contributed by atoms with van der Waals surface area (Å²) in [6, 6.07) is 6.58. The molecule has 17 heavy (non-hydrogen) atoms. The molecule has 2 nitrogen and oxygen atoms in total. The number of nitrogens with one attached hydrogen (secondary N) is 1. The first-order valence-corrected chi connectivity index (χ1v) is 6.98. The molecule has 0 fully saturated rings. The van der Waals surface area contributed by atoms with Crippen molar-refractivity contribution in [3.8, 4) is 0 Å². The molecule has 0 atom stereocenters. The fourth-order valence-electron chi connectivity index (χ4n) is 1.72. The van der Waals surface area contributed by atoms with Crippen molar-refractivity contribution in [1.29, 1.82) is 0 Å². The summed E-state index contributed by atoms with van der Waals surface area (Å²) in [6.07, 6.45) is 3.58. The maximum absolute atomic E-state index is 4.98. The lowest BCUT2D eigenvalue weighted by atomic mass is 10.1. The van der Waals surface area contributed by atoms with Crippen LogP contribution in [-0.4, -0.2) is 26.8 Å². The standard InChI is InChI=1S/C14H22BrNO/c1-12-6-7-13(14(15)11-12)5-3-4-8-16-9-10-17-2/h6-7,11,16H,3-5,8-10H2,1-2H3. The van der Waals surface area contributed by atoms with Gasteiger partial charge in [-0.05, 0) is 49.9 Å². The second-order valence-electron chi connectivity index (χ2n) is 4.29. The molecule has 0 radical (unpaired) electrons. The highest BCUT2D eigenvalue weighted by molar-refractivity contribution is 9.10. The quantitative estimate of drug-likeness (QED) is 0.744. The van der Waals surface area contributed by atoms with Crippen molar-refractivity contribution >= 4 is 15.9 Å². The molecule has 1 aromatic rings. The molecule has 0 spiro atoms. The Bertz CT molecular complexity index is 328. The second-order valence-corrected chi connectivity index (χ2v) is 5.15. The summed E-state index contributed by atoms with van der Waals surface area (Å²) in [5, 5.41) is 3.36. The number of aryl methyl sites for hydroxylation is 2. The number of hydrogen-bond acceptors (Lipinski definition) is 2. The highest BCUT2D eigenvalue weighted by Gasteiger charge is 1.99. The molecule has 0 heterocycles. The summed E-state index contributed by atoms with van der Waals surface area (Å²) in [6.45, 7) is 4.94. The van der Waals surface area contributed by atoms with Crippen molar-refractivity contribution in [3.05, 3.63) is 33.8 Å². The fraction of sp³-hybridized carbons (Fsp3) is 0.571. The topological polar surface area (TPSA) is 21.3 Å². The Morgan fingerprint density at radius 3 is 2.76 bits per heavy atom. The van der Waals surface area contributed by atoms with Gasteiger partial charge < -0.3 is 10.1 Å². The Kier molecular flexibility index (Phi) is 7.49. The van der Waals surface area contributed by atoms with Gasteiger partial charge in [0.15, 0.2) is 0 Å². The van der Waals surface area contributed by atoms with Crippen LogP contribution in [0.3, 0.4) is 0 Å². The van der Waals surface area contributed by atoms with Crippen LogP contribution >= 0.6 is 15.9 Å². The van der Waals surface area contributed by atoms with Crippen LogP contribution in [0.2, 0.25) is 0 Å². The minimum absolute atomic E-state index is 0.795. The molecule has 1 N–H and O–H groups in total. The van der Waals surface area contributed by atoms with Crippen LogP contribution in [0.4, 0.5) is 0 Å². The van der Waals surface area contributed by atoms with E-state index >= 15 is 0 Å². The smallest absolute Gasteiger partial charge is 0.0587 e. The first-order chi connectivity index (χ1) is 8.24. The Morgan fingerprint density at radius 2 is 2.06 bits per heavy atom. The number of ether oxygens (including phenoxy) is 1. The maximum Gasteiger partial charge on any atom is 0.0587 e. The van der Waals surface area contributed by atoms with Crippen molar-refractivity contribution in [2.24, 2.45) is 0 Å². The predicted octanol–water partition coefficient (Wildman–Crippen LogP) is 3.32.